The van der Waals surface area contributed by atoms with Crippen molar-refractivity contribution in [1.82, 2.24) is 14.8 Å². The number of benzene rings is 1. The summed E-state index contributed by atoms with van der Waals surface area (Å²) in [6.07, 6.45) is 3.15. The van der Waals surface area contributed by atoms with Gasteiger partial charge in [0.25, 0.3) is 0 Å². The van der Waals surface area contributed by atoms with Crippen LogP contribution in [0.25, 0.3) is 0 Å². The molecule has 1 aromatic carbocycles. The minimum absolute atomic E-state index is 0.446. The van der Waals surface area contributed by atoms with Crippen molar-refractivity contribution in [1.29, 1.82) is 0 Å². The molecule has 102 valence electrons. The minimum atomic E-state index is -1.42. The molecular weight excluding hydrogens is 254 g/mol. The van der Waals surface area contributed by atoms with Crippen molar-refractivity contribution in [3.8, 4) is 0 Å². The Morgan fingerprint density at radius 2 is 1.89 bits per heavy atom. The van der Waals surface area contributed by atoms with Gasteiger partial charge >= 0.3 is 0 Å². The molecule has 0 radical (unpaired) electrons. The van der Waals surface area contributed by atoms with Gasteiger partial charge in [-0.2, -0.15) is 5.10 Å². The highest BCUT2D eigenvalue weighted by Gasteiger charge is 2.35. The third-order valence-corrected chi connectivity index (χ3v) is 4.67. The lowest BCUT2D eigenvalue weighted by Gasteiger charge is -2.33. The average molecular weight is 275 g/mol. The molecule has 0 saturated heterocycles. The first-order valence-corrected chi connectivity index (χ1v) is 10.2. The van der Waals surface area contributed by atoms with E-state index < -0.39 is 13.7 Å². The molecule has 19 heavy (non-hydrogen) atoms. The molecule has 0 amide bonds. The Bertz CT molecular complexity index is 507. The van der Waals surface area contributed by atoms with Gasteiger partial charge in [0.2, 0.25) is 0 Å². The largest absolute Gasteiger partial charge is 0.384 e. The smallest absolute Gasteiger partial charge is 0.137 e. The van der Waals surface area contributed by atoms with Gasteiger partial charge in [0, 0.05) is 8.07 Å². The third-order valence-electron chi connectivity index (χ3n) is 3.02. The highest BCUT2D eigenvalue weighted by molar-refractivity contribution is 6.76. The van der Waals surface area contributed by atoms with E-state index >= 15 is 0 Å². The summed E-state index contributed by atoms with van der Waals surface area (Å²) in [5, 5.41) is 15.3. The standard InChI is InChI=1S/C14H21N3OSi/c1-19(2,3)10-14(18,9-17-12-15-11-16-17)13-7-5-4-6-8-13/h4-8,11-12,18H,9-10H2,1-3H3. The van der Waals surface area contributed by atoms with Crippen LogP contribution in [0.3, 0.4) is 0 Å². The van der Waals surface area contributed by atoms with E-state index in [-0.39, 0.29) is 0 Å². The molecule has 0 spiro atoms. The highest BCUT2D eigenvalue weighted by atomic mass is 28.3. The molecule has 2 aromatic rings. The second-order valence-electron chi connectivity index (χ2n) is 6.23. The van der Waals surface area contributed by atoms with E-state index in [9.17, 15) is 5.11 Å². The van der Waals surface area contributed by atoms with Crippen LogP contribution < -0.4 is 0 Å². The number of hydrogen-bond acceptors (Lipinski definition) is 3. The molecule has 1 atom stereocenters. The quantitative estimate of drug-likeness (QED) is 0.853. The zero-order valence-corrected chi connectivity index (χ0v) is 12.7. The number of aromatic nitrogens is 3. The van der Waals surface area contributed by atoms with Crippen LogP contribution in [-0.2, 0) is 12.1 Å². The SMILES string of the molecule is C[Si](C)(C)CC(O)(Cn1cncn1)c1ccccc1. The molecule has 1 N–H and O–H groups in total. The number of hydrogen-bond donors (Lipinski definition) is 1. The van der Waals surface area contributed by atoms with Crippen molar-refractivity contribution in [3.63, 3.8) is 0 Å². The van der Waals surface area contributed by atoms with Crippen LogP contribution in [0.1, 0.15) is 5.56 Å². The Morgan fingerprint density at radius 1 is 1.21 bits per heavy atom. The number of nitrogens with zero attached hydrogens (tertiary/aromatic N) is 3. The van der Waals surface area contributed by atoms with E-state index in [4.69, 9.17) is 0 Å². The summed E-state index contributed by atoms with van der Waals surface area (Å²) >= 11 is 0. The van der Waals surface area contributed by atoms with Crippen LogP contribution in [0, 0.1) is 0 Å². The Balaban J connectivity index is 2.32. The van der Waals surface area contributed by atoms with Gasteiger partial charge in [-0.3, -0.25) is 0 Å². The normalized spacial score (nSPS) is 15.2. The summed E-state index contributed by atoms with van der Waals surface area (Å²) in [5.41, 5.74) is 0.0762. The molecule has 0 saturated carbocycles. The fraction of sp³-hybridized carbons (Fsp3) is 0.429. The summed E-state index contributed by atoms with van der Waals surface area (Å²) in [6.45, 7) is 7.24. The van der Waals surface area contributed by atoms with Crippen molar-refractivity contribution in [2.45, 2.75) is 37.8 Å². The zero-order chi connectivity index (χ0) is 13.9. The van der Waals surface area contributed by atoms with Gasteiger partial charge in [0.15, 0.2) is 0 Å². The Labute approximate surface area is 115 Å². The van der Waals surface area contributed by atoms with Crippen molar-refractivity contribution < 1.29 is 5.11 Å². The number of aliphatic hydroxyl groups is 1. The van der Waals surface area contributed by atoms with Gasteiger partial charge < -0.3 is 5.11 Å². The molecule has 0 aliphatic rings. The summed E-state index contributed by atoms with van der Waals surface area (Å²) < 4.78 is 1.70. The minimum Gasteiger partial charge on any atom is -0.384 e. The molecule has 0 bridgehead atoms. The average Bonchev–Trinajstić information content (AvgIpc) is 2.80. The second kappa shape index (κ2) is 5.26. The van der Waals surface area contributed by atoms with E-state index in [0.29, 0.717) is 6.54 Å². The van der Waals surface area contributed by atoms with Gasteiger partial charge in [0.05, 0.1) is 6.54 Å². The van der Waals surface area contributed by atoms with Crippen LogP contribution in [-0.4, -0.2) is 27.9 Å². The Kier molecular flexibility index (Phi) is 3.87. The summed E-state index contributed by atoms with van der Waals surface area (Å²) in [5.74, 6) is 0. The Morgan fingerprint density at radius 3 is 2.42 bits per heavy atom. The van der Waals surface area contributed by atoms with Gasteiger partial charge in [-0.1, -0.05) is 50.0 Å². The van der Waals surface area contributed by atoms with Gasteiger partial charge in [0.1, 0.15) is 18.3 Å². The molecule has 0 aliphatic heterocycles. The second-order valence-corrected chi connectivity index (χ2v) is 11.7. The molecule has 2 rings (SSSR count). The molecule has 1 heterocycles. The van der Waals surface area contributed by atoms with Gasteiger partial charge in [-0.25, -0.2) is 9.67 Å². The number of rotatable bonds is 5. The van der Waals surface area contributed by atoms with E-state index in [1.165, 1.54) is 6.33 Å². The maximum absolute atomic E-state index is 11.1. The van der Waals surface area contributed by atoms with Crippen LogP contribution in [0.15, 0.2) is 43.0 Å². The maximum atomic E-state index is 11.1. The molecule has 1 unspecified atom stereocenters. The first-order valence-electron chi connectivity index (χ1n) is 6.49. The van der Waals surface area contributed by atoms with Gasteiger partial charge in [-0.15, -0.1) is 0 Å². The van der Waals surface area contributed by atoms with Crippen molar-refractivity contribution in [3.05, 3.63) is 48.5 Å². The predicted octanol–water partition coefficient (Wildman–Crippen LogP) is 2.50. The fourth-order valence-electron chi connectivity index (χ4n) is 2.46. The lowest BCUT2D eigenvalue weighted by Crippen LogP contribution is -2.39. The molecule has 0 aliphatic carbocycles. The molecule has 4 nitrogen and oxygen atoms in total. The first kappa shape index (κ1) is 14.0. The predicted molar refractivity (Wildman–Crippen MR) is 78.5 cm³/mol. The Hall–Kier alpha value is -1.46. The zero-order valence-electron chi connectivity index (χ0n) is 11.7. The maximum Gasteiger partial charge on any atom is 0.137 e. The monoisotopic (exact) mass is 275 g/mol. The van der Waals surface area contributed by atoms with Crippen LogP contribution >= 0.6 is 0 Å². The van der Waals surface area contributed by atoms with Crippen LogP contribution in [0.5, 0.6) is 0 Å². The van der Waals surface area contributed by atoms with E-state index in [1.807, 2.05) is 30.3 Å². The van der Waals surface area contributed by atoms with Crippen LogP contribution in [0.4, 0.5) is 0 Å². The molecule has 5 heteroatoms. The van der Waals surface area contributed by atoms with Crippen LogP contribution in [0.2, 0.25) is 25.7 Å². The van der Waals surface area contributed by atoms with Crippen molar-refractivity contribution in [2.75, 3.05) is 0 Å². The third kappa shape index (κ3) is 3.75. The van der Waals surface area contributed by atoms with E-state index in [2.05, 4.69) is 29.7 Å². The molecule has 1 aromatic heterocycles. The first-order chi connectivity index (χ1) is 8.89. The lowest BCUT2D eigenvalue weighted by molar-refractivity contribution is 0.0332. The van der Waals surface area contributed by atoms with Crippen molar-refractivity contribution in [2.24, 2.45) is 0 Å². The summed E-state index contributed by atoms with van der Waals surface area (Å²) in [4.78, 5) is 3.95. The van der Waals surface area contributed by atoms with Crippen molar-refractivity contribution >= 4 is 8.07 Å². The molecular formula is C14H21N3OSi. The lowest BCUT2D eigenvalue weighted by atomic mass is 9.96. The fourth-order valence-corrected chi connectivity index (χ4v) is 4.53. The summed E-state index contributed by atoms with van der Waals surface area (Å²) in [7, 11) is -1.42. The van der Waals surface area contributed by atoms with E-state index in [0.717, 1.165) is 11.6 Å². The van der Waals surface area contributed by atoms with E-state index in [1.54, 1.807) is 11.0 Å². The molecule has 0 fully saturated rings. The topological polar surface area (TPSA) is 50.9 Å². The van der Waals surface area contributed by atoms with Gasteiger partial charge in [-0.05, 0) is 11.6 Å². The highest BCUT2D eigenvalue weighted by Crippen LogP contribution is 2.32. The summed E-state index contributed by atoms with van der Waals surface area (Å²) in [6, 6.07) is 10.7.